The van der Waals surface area contributed by atoms with Crippen molar-refractivity contribution in [2.24, 2.45) is 17.8 Å². The predicted molar refractivity (Wildman–Crippen MR) is 117 cm³/mol. The zero-order valence-corrected chi connectivity index (χ0v) is 18.9. The van der Waals surface area contributed by atoms with Gasteiger partial charge in [0.1, 0.15) is 5.60 Å². The third kappa shape index (κ3) is 8.30. The minimum Gasteiger partial charge on any atom is -0.481 e. The number of hydrogen-bond acceptors (Lipinski definition) is 3. The Labute approximate surface area is 178 Å². The van der Waals surface area contributed by atoms with Crippen molar-refractivity contribution in [2.45, 2.75) is 129 Å². The Balaban J connectivity index is 1.79. The highest BCUT2D eigenvalue weighted by Gasteiger charge is 2.42. The molecule has 4 nitrogen and oxygen atoms in total. The molecule has 2 rings (SSSR count). The van der Waals surface area contributed by atoms with Crippen molar-refractivity contribution in [3.63, 3.8) is 0 Å². The second-order valence-corrected chi connectivity index (χ2v) is 10.1. The van der Waals surface area contributed by atoms with Crippen LogP contribution in [0.15, 0.2) is 0 Å². The van der Waals surface area contributed by atoms with E-state index in [1.54, 1.807) is 0 Å². The lowest BCUT2D eigenvalue weighted by Gasteiger charge is -2.39. The normalized spacial score (nSPS) is 24.4. The average Bonchev–Trinajstić information content (AvgIpc) is 2.70. The number of carboxylic acid groups (broad SMARTS) is 1. The molecule has 0 heterocycles. The van der Waals surface area contributed by atoms with Crippen LogP contribution in [0.25, 0.3) is 0 Å². The number of hydrogen-bond donors (Lipinski definition) is 1. The molecule has 2 unspecified atom stereocenters. The van der Waals surface area contributed by atoms with E-state index < -0.39 is 17.8 Å². The third-order valence-electron chi connectivity index (χ3n) is 7.13. The van der Waals surface area contributed by atoms with Crippen LogP contribution in [0.1, 0.15) is 123 Å². The molecular weight excluding hydrogens is 364 g/mol. The topological polar surface area (TPSA) is 63.6 Å². The van der Waals surface area contributed by atoms with Gasteiger partial charge in [-0.2, -0.15) is 0 Å². The predicted octanol–water partition coefficient (Wildman–Crippen LogP) is 6.90. The molecule has 0 spiro atoms. The molecule has 0 aromatic carbocycles. The van der Waals surface area contributed by atoms with Gasteiger partial charge < -0.3 is 9.84 Å². The summed E-state index contributed by atoms with van der Waals surface area (Å²) in [5.74, 6) is -1.25. The van der Waals surface area contributed by atoms with E-state index in [1.165, 1.54) is 44.9 Å². The maximum absolute atomic E-state index is 13.0. The van der Waals surface area contributed by atoms with Gasteiger partial charge in [0.05, 0.1) is 11.8 Å². The highest BCUT2D eigenvalue weighted by Crippen LogP contribution is 2.39. The van der Waals surface area contributed by atoms with E-state index in [1.807, 2.05) is 0 Å². The Morgan fingerprint density at radius 1 is 0.862 bits per heavy atom. The highest BCUT2D eigenvalue weighted by molar-refractivity contribution is 5.81. The van der Waals surface area contributed by atoms with Crippen molar-refractivity contribution in [3.05, 3.63) is 0 Å². The number of esters is 1. The van der Waals surface area contributed by atoms with Crippen LogP contribution in [0, 0.1) is 17.8 Å². The second kappa shape index (κ2) is 12.6. The molecule has 2 atom stereocenters. The van der Waals surface area contributed by atoms with Crippen LogP contribution in [-0.2, 0) is 14.3 Å². The van der Waals surface area contributed by atoms with Gasteiger partial charge in [0.25, 0.3) is 0 Å². The number of unbranched alkanes of at least 4 members (excludes halogenated alkanes) is 5. The smallest absolute Gasteiger partial charge is 0.310 e. The first kappa shape index (κ1) is 24.2. The van der Waals surface area contributed by atoms with Gasteiger partial charge in [0.15, 0.2) is 0 Å². The highest BCUT2D eigenvalue weighted by atomic mass is 16.6. The molecule has 2 saturated carbocycles. The monoisotopic (exact) mass is 408 g/mol. The van der Waals surface area contributed by atoms with Crippen molar-refractivity contribution in [1.82, 2.24) is 0 Å². The molecule has 0 amide bonds. The summed E-state index contributed by atoms with van der Waals surface area (Å²) in [4.78, 5) is 24.6. The van der Waals surface area contributed by atoms with Gasteiger partial charge in [-0.3, -0.25) is 9.59 Å². The Morgan fingerprint density at radius 3 is 2.07 bits per heavy atom. The fourth-order valence-corrected chi connectivity index (χ4v) is 5.30. The molecule has 1 N–H and O–H groups in total. The fourth-order valence-electron chi connectivity index (χ4n) is 5.30. The number of carboxylic acids is 1. The van der Waals surface area contributed by atoms with E-state index in [4.69, 9.17) is 4.74 Å². The van der Waals surface area contributed by atoms with Gasteiger partial charge >= 0.3 is 11.9 Å². The molecule has 29 heavy (non-hydrogen) atoms. The first-order valence-corrected chi connectivity index (χ1v) is 12.4. The van der Waals surface area contributed by atoms with E-state index in [-0.39, 0.29) is 11.6 Å². The second-order valence-electron chi connectivity index (χ2n) is 10.1. The summed E-state index contributed by atoms with van der Waals surface area (Å²) in [5, 5.41) is 9.51. The van der Waals surface area contributed by atoms with Crippen molar-refractivity contribution in [3.8, 4) is 0 Å². The number of rotatable bonds is 12. The molecule has 0 radical (unpaired) electrons. The first-order chi connectivity index (χ1) is 13.9. The van der Waals surface area contributed by atoms with Gasteiger partial charge in [0.2, 0.25) is 0 Å². The Morgan fingerprint density at radius 2 is 1.45 bits per heavy atom. The summed E-state index contributed by atoms with van der Waals surface area (Å²) in [6.07, 6.45) is 18.4. The summed E-state index contributed by atoms with van der Waals surface area (Å²) < 4.78 is 6.17. The van der Waals surface area contributed by atoms with E-state index >= 15 is 0 Å². The van der Waals surface area contributed by atoms with Crippen LogP contribution in [-0.4, -0.2) is 22.6 Å². The van der Waals surface area contributed by atoms with Crippen molar-refractivity contribution in [1.29, 1.82) is 0 Å². The Hall–Kier alpha value is -1.06. The zero-order valence-electron chi connectivity index (χ0n) is 18.9. The van der Waals surface area contributed by atoms with E-state index in [0.29, 0.717) is 12.8 Å². The third-order valence-corrected chi connectivity index (χ3v) is 7.13. The number of ether oxygens (including phenoxy) is 1. The van der Waals surface area contributed by atoms with Crippen LogP contribution in [0.2, 0.25) is 0 Å². The molecule has 0 aromatic rings. The van der Waals surface area contributed by atoms with E-state index in [0.717, 1.165) is 57.3 Å². The first-order valence-electron chi connectivity index (χ1n) is 12.4. The van der Waals surface area contributed by atoms with Crippen molar-refractivity contribution in [2.75, 3.05) is 0 Å². The molecule has 0 bridgehead atoms. The van der Waals surface area contributed by atoms with Crippen LogP contribution in [0.3, 0.4) is 0 Å². The van der Waals surface area contributed by atoms with Crippen LogP contribution < -0.4 is 0 Å². The average molecular weight is 409 g/mol. The quantitative estimate of drug-likeness (QED) is 0.282. The maximum atomic E-state index is 13.0. The lowest BCUT2D eigenvalue weighted by atomic mass is 9.78. The molecule has 4 heteroatoms. The lowest BCUT2D eigenvalue weighted by molar-refractivity contribution is -0.176. The van der Waals surface area contributed by atoms with Gasteiger partial charge in [-0.05, 0) is 57.3 Å². The summed E-state index contributed by atoms with van der Waals surface area (Å²) in [6, 6.07) is 0. The van der Waals surface area contributed by atoms with Crippen molar-refractivity contribution >= 4 is 11.9 Å². The summed E-state index contributed by atoms with van der Waals surface area (Å²) in [6.45, 7) is 4.58. The largest absolute Gasteiger partial charge is 0.481 e. The summed E-state index contributed by atoms with van der Waals surface area (Å²) in [5.41, 5.74) is -0.326. The van der Waals surface area contributed by atoms with E-state index in [2.05, 4.69) is 13.8 Å². The maximum Gasteiger partial charge on any atom is 0.310 e. The SMILES string of the molecule is CC(C)CCCCCCCCC1(OC(=O)C2CCCCC2C(=O)O)CCCCC1. The fraction of sp³-hybridized carbons (Fsp3) is 0.920. The molecule has 168 valence electrons. The molecule has 0 aliphatic heterocycles. The minimum atomic E-state index is -0.832. The molecule has 2 fully saturated rings. The lowest BCUT2D eigenvalue weighted by Crippen LogP contribution is -2.42. The zero-order chi connectivity index (χ0) is 21.1. The molecule has 0 aromatic heterocycles. The van der Waals surface area contributed by atoms with E-state index in [9.17, 15) is 14.7 Å². The number of carbonyl (C=O) groups is 2. The summed E-state index contributed by atoms with van der Waals surface area (Å²) in [7, 11) is 0. The van der Waals surface area contributed by atoms with Crippen LogP contribution in [0.4, 0.5) is 0 Å². The number of carbonyl (C=O) groups excluding carboxylic acids is 1. The minimum absolute atomic E-state index is 0.229. The van der Waals surface area contributed by atoms with Gasteiger partial charge in [-0.25, -0.2) is 0 Å². The van der Waals surface area contributed by atoms with Crippen LogP contribution in [0.5, 0.6) is 0 Å². The molecule has 2 aliphatic carbocycles. The van der Waals surface area contributed by atoms with Gasteiger partial charge in [-0.1, -0.05) is 71.6 Å². The Bertz CT molecular complexity index is 493. The van der Waals surface area contributed by atoms with Crippen LogP contribution >= 0.6 is 0 Å². The standard InChI is InChI=1S/C25H44O4/c1-20(2)14-8-5-3-4-6-11-17-25(18-12-7-13-19-25)29-24(28)22-16-10-9-15-21(22)23(26)27/h20-22H,3-19H2,1-2H3,(H,26,27). The molecule has 2 aliphatic rings. The van der Waals surface area contributed by atoms with Crippen molar-refractivity contribution < 1.29 is 19.4 Å². The Kier molecular flexibility index (Phi) is 10.5. The summed E-state index contributed by atoms with van der Waals surface area (Å²) >= 11 is 0. The molecular formula is C25H44O4. The number of aliphatic carboxylic acids is 1. The van der Waals surface area contributed by atoms with Gasteiger partial charge in [0, 0.05) is 0 Å². The molecule has 0 saturated heterocycles. The van der Waals surface area contributed by atoms with Gasteiger partial charge in [-0.15, -0.1) is 0 Å².